The van der Waals surface area contributed by atoms with Crippen LogP contribution < -0.4 is 5.32 Å². The largest absolute Gasteiger partial charge is 0.309 e. The van der Waals surface area contributed by atoms with Gasteiger partial charge in [-0.25, -0.2) is 9.97 Å². The van der Waals surface area contributed by atoms with Crippen LogP contribution >= 0.6 is 0 Å². The van der Waals surface area contributed by atoms with Gasteiger partial charge in [-0.1, -0.05) is 29.8 Å². The molecule has 1 aliphatic heterocycles. The Kier molecular flexibility index (Phi) is 3.79. The summed E-state index contributed by atoms with van der Waals surface area (Å²) in [6.07, 6.45) is 3.30. The molecule has 104 valence electrons. The molecular weight excluding hydrogens is 246 g/mol. The average Bonchev–Trinajstić information content (AvgIpc) is 2.95. The molecule has 2 heterocycles. The first-order chi connectivity index (χ1) is 9.70. The highest BCUT2D eigenvalue weighted by atomic mass is 15.0. The van der Waals surface area contributed by atoms with Crippen LogP contribution in [0.1, 0.15) is 47.2 Å². The molecular formula is C17H21N3. The highest BCUT2D eigenvalue weighted by Gasteiger charge is 2.18. The van der Waals surface area contributed by atoms with Crippen LogP contribution in [0.4, 0.5) is 0 Å². The van der Waals surface area contributed by atoms with Crippen LogP contribution in [0.15, 0.2) is 30.3 Å². The van der Waals surface area contributed by atoms with E-state index in [1.165, 1.54) is 24.0 Å². The molecule has 0 unspecified atom stereocenters. The fourth-order valence-corrected chi connectivity index (χ4v) is 2.78. The van der Waals surface area contributed by atoms with Crippen LogP contribution in [0, 0.1) is 13.8 Å². The summed E-state index contributed by atoms with van der Waals surface area (Å²) in [5.74, 6) is 0.873. The van der Waals surface area contributed by atoms with Crippen molar-refractivity contribution in [3.05, 3.63) is 58.7 Å². The molecule has 3 nitrogen and oxygen atoms in total. The Morgan fingerprint density at radius 2 is 1.95 bits per heavy atom. The lowest BCUT2D eigenvalue weighted by Gasteiger charge is -2.12. The molecule has 3 heteroatoms. The summed E-state index contributed by atoms with van der Waals surface area (Å²) in [5, 5.41) is 3.51. The molecule has 1 saturated heterocycles. The van der Waals surface area contributed by atoms with Gasteiger partial charge in [0.2, 0.25) is 0 Å². The second-order valence-electron chi connectivity index (χ2n) is 5.64. The van der Waals surface area contributed by atoms with Crippen LogP contribution in [-0.4, -0.2) is 16.5 Å². The van der Waals surface area contributed by atoms with Gasteiger partial charge in [0.25, 0.3) is 0 Å². The highest BCUT2D eigenvalue weighted by Crippen LogP contribution is 2.22. The van der Waals surface area contributed by atoms with Crippen molar-refractivity contribution in [3.8, 4) is 0 Å². The van der Waals surface area contributed by atoms with Crippen molar-refractivity contribution in [2.75, 3.05) is 6.54 Å². The molecule has 20 heavy (non-hydrogen) atoms. The van der Waals surface area contributed by atoms with E-state index >= 15 is 0 Å². The maximum Gasteiger partial charge on any atom is 0.125 e. The Labute approximate surface area is 120 Å². The second-order valence-corrected chi connectivity index (χ2v) is 5.64. The number of hydrogen-bond acceptors (Lipinski definition) is 3. The summed E-state index contributed by atoms with van der Waals surface area (Å²) in [6, 6.07) is 11.2. The van der Waals surface area contributed by atoms with Crippen LogP contribution in [0.2, 0.25) is 0 Å². The van der Waals surface area contributed by atoms with Gasteiger partial charge in [0, 0.05) is 18.2 Å². The van der Waals surface area contributed by atoms with Gasteiger partial charge >= 0.3 is 0 Å². The Hall–Kier alpha value is -1.74. The lowest BCUT2D eigenvalue weighted by Crippen LogP contribution is -2.15. The lowest BCUT2D eigenvalue weighted by molar-refractivity contribution is 0.620. The predicted octanol–water partition coefficient (Wildman–Crippen LogP) is 3.11. The minimum Gasteiger partial charge on any atom is -0.309 e. The van der Waals surface area contributed by atoms with Gasteiger partial charge in [0.05, 0.1) is 5.69 Å². The third-order valence-electron chi connectivity index (χ3n) is 3.83. The molecule has 0 amide bonds. The molecule has 0 bridgehead atoms. The number of nitrogens with zero attached hydrogens (tertiary/aromatic N) is 2. The van der Waals surface area contributed by atoms with E-state index in [9.17, 15) is 0 Å². The van der Waals surface area contributed by atoms with Gasteiger partial charge in [-0.05, 0) is 44.9 Å². The van der Waals surface area contributed by atoms with Crippen molar-refractivity contribution in [2.24, 2.45) is 0 Å². The second kappa shape index (κ2) is 5.71. The van der Waals surface area contributed by atoms with Gasteiger partial charge in [-0.3, -0.25) is 0 Å². The van der Waals surface area contributed by atoms with Crippen LogP contribution in [0.25, 0.3) is 0 Å². The summed E-state index contributed by atoms with van der Waals surface area (Å²) < 4.78 is 0. The Morgan fingerprint density at radius 3 is 2.65 bits per heavy atom. The number of aromatic nitrogens is 2. The molecule has 1 aromatic carbocycles. The first kappa shape index (κ1) is 13.3. The van der Waals surface area contributed by atoms with E-state index in [-0.39, 0.29) is 0 Å². The quantitative estimate of drug-likeness (QED) is 0.928. The highest BCUT2D eigenvalue weighted by molar-refractivity contribution is 5.27. The van der Waals surface area contributed by atoms with Gasteiger partial charge in [-0.15, -0.1) is 0 Å². The molecule has 1 aromatic heterocycles. The van der Waals surface area contributed by atoms with Crippen molar-refractivity contribution in [3.63, 3.8) is 0 Å². The molecule has 0 aliphatic carbocycles. The number of nitrogens with one attached hydrogen (secondary N) is 1. The van der Waals surface area contributed by atoms with Crippen molar-refractivity contribution in [1.82, 2.24) is 15.3 Å². The molecule has 3 rings (SSSR count). The molecule has 1 aliphatic rings. The molecule has 0 radical (unpaired) electrons. The molecule has 1 N–H and O–H groups in total. The Morgan fingerprint density at radius 1 is 1.15 bits per heavy atom. The summed E-state index contributed by atoms with van der Waals surface area (Å²) in [7, 11) is 0. The van der Waals surface area contributed by atoms with E-state index in [4.69, 9.17) is 0 Å². The topological polar surface area (TPSA) is 37.8 Å². The molecule has 0 spiro atoms. The van der Waals surface area contributed by atoms with Gasteiger partial charge < -0.3 is 5.32 Å². The minimum atomic E-state index is 0.411. The van der Waals surface area contributed by atoms with Gasteiger partial charge in [-0.2, -0.15) is 0 Å². The first-order valence-electron chi connectivity index (χ1n) is 7.34. The molecule has 0 saturated carbocycles. The van der Waals surface area contributed by atoms with E-state index in [2.05, 4.69) is 52.5 Å². The fourth-order valence-electron chi connectivity index (χ4n) is 2.78. The summed E-state index contributed by atoms with van der Waals surface area (Å²) >= 11 is 0. The third kappa shape index (κ3) is 3.05. The third-order valence-corrected chi connectivity index (χ3v) is 3.83. The van der Waals surface area contributed by atoms with Crippen LogP contribution in [0.3, 0.4) is 0 Å². The smallest absolute Gasteiger partial charge is 0.125 e. The number of benzene rings is 1. The van der Waals surface area contributed by atoms with Crippen molar-refractivity contribution < 1.29 is 0 Å². The summed E-state index contributed by atoms with van der Waals surface area (Å²) in [4.78, 5) is 9.18. The van der Waals surface area contributed by atoms with Crippen molar-refractivity contribution >= 4 is 0 Å². The lowest BCUT2D eigenvalue weighted by atomic mass is 10.1. The average molecular weight is 267 g/mol. The molecule has 2 aromatic rings. The van der Waals surface area contributed by atoms with Crippen molar-refractivity contribution in [2.45, 2.75) is 39.2 Å². The zero-order chi connectivity index (χ0) is 13.9. The normalized spacial score (nSPS) is 18.4. The van der Waals surface area contributed by atoms with Crippen LogP contribution in [-0.2, 0) is 6.42 Å². The monoisotopic (exact) mass is 267 g/mol. The standard InChI is InChI=1S/C17H21N3/c1-12-5-7-14(8-6-12)10-15-11-17(20-13(2)19-15)16-4-3-9-18-16/h5-8,11,16,18H,3-4,9-10H2,1-2H3/t16-/m1/s1. The number of hydrogen-bond donors (Lipinski definition) is 1. The van der Waals surface area contributed by atoms with E-state index < -0.39 is 0 Å². The van der Waals surface area contributed by atoms with Gasteiger partial charge in [0.1, 0.15) is 5.82 Å². The van der Waals surface area contributed by atoms with E-state index in [1.807, 2.05) is 6.92 Å². The van der Waals surface area contributed by atoms with Crippen LogP contribution in [0.5, 0.6) is 0 Å². The maximum absolute atomic E-state index is 4.60. The SMILES string of the molecule is Cc1ccc(Cc2cc([C@H]3CCCN3)nc(C)n2)cc1. The Balaban J connectivity index is 1.83. The summed E-state index contributed by atoms with van der Waals surface area (Å²) in [5.41, 5.74) is 4.87. The summed E-state index contributed by atoms with van der Waals surface area (Å²) in [6.45, 7) is 5.20. The van der Waals surface area contributed by atoms with E-state index in [1.54, 1.807) is 0 Å². The maximum atomic E-state index is 4.60. The Bertz CT molecular complexity index is 584. The zero-order valence-corrected chi connectivity index (χ0v) is 12.2. The first-order valence-corrected chi connectivity index (χ1v) is 7.34. The fraction of sp³-hybridized carbons (Fsp3) is 0.412. The van der Waals surface area contributed by atoms with Gasteiger partial charge in [0.15, 0.2) is 0 Å². The number of rotatable bonds is 3. The van der Waals surface area contributed by atoms with Crippen molar-refractivity contribution in [1.29, 1.82) is 0 Å². The van der Waals surface area contributed by atoms with E-state index in [0.717, 1.165) is 30.2 Å². The number of aryl methyl sites for hydroxylation is 2. The molecule has 1 fully saturated rings. The van der Waals surface area contributed by atoms with E-state index in [0.29, 0.717) is 6.04 Å². The minimum absolute atomic E-state index is 0.411. The predicted molar refractivity (Wildman–Crippen MR) is 80.7 cm³/mol. The molecule has 1 atom stereocenters. The zero-order valence-electron chi connectivity index (χ0n) is 12.2.